The fourth-order valence-electron chi connectivity index (χ4n) is 4.99. The smallest absolute Gasteiger partial charge is 0.247 e. The highest BCUT2D eigenvalue weighted by Gasteiger charge is 2.43. The van der Waals surface area contributed by atoms with Gasteiger partial charge < -0.3 is 34.6 Å². The van der Waals surface area contributed by atoms with E-state index >= 15 is 0 Å². The molecule has 1 heterocycles. The van der Waals surface area contributed by atoms with Crippen LogP contribution in [0.1, 0.15) is 28.8 Å². The van der Waals surface area contributed by atoms with Crippen molar-refractivity contribution in [2.75, 3.05) is 33.5 Å². The third kappa shape index (κ3) is 7.56. The Morgan fingerprint density at radius 1 is 1.24 bits per heavy atom. The monoisotopic (exact) mass is 732 g/mol. The molecule has 4 rings (SSSR count). The van der Waals surface area contributed by atoms with E-state index < -0.39 is 30.1 Å². The van der Waals surface area contributed by atoms with Crippen molar-refractivity contribution < 1.29 is 38.8 Å². The van der Waals surface area contributed by atoms with Gasteiger partial charge in [-0.3, -0.25) is 14.4 Å². The van der Waals surface area contributed by atoms with Crippen molar-refractivity contribution in [1.82, 2.24) is 10.2 Å². The van der Waals surface area contributed by atoms with Crippen LogP contribution < -0.4 is 14.8 Å². The Morgan fingerprint density at radius 2 is 2.02 bits per heavy atom. The van der Waals surface area contributed by atoms with E-state index in [0.717, 1.165) is 0 Å². The largest absolute Gasteiger partial charge is 0.493 e. The number of ether oxygens (including phenoxy) is 3. The van der Waals surface area contributed by atoms with Crippen molar-refractivity contribution in [3.8, 4) is 11.5 Å². The summed E-state index contributed by atoms with van der Waals surface area (Å²) in [4.78, 5) is 40.0. The van der Waals surface area contributed by atoms with E-state index in [1.54, 1.807) is 29.2 Å². The van der Waals surface area contributed by atoms with Gasteiger partial charge in [-0.2, -0.15) is 0 Å². The molecule has 4 unspecified atom stereocenters. The third-order valence-electron chi connectivity index (χ3n) is 7.16. The molecule has 2 aromatic carbocycles. The maximum atomic E-state index is 13.9. The van der Waals surface area contributed by atoms with Gasteiger partial charge in [-0.1, -0.05) is 29.3 Å². The summed E-state index contributed by atoms with van der Waals surface area (Å²) in [6, 6.07) is 7.28. The van der Waals surface area contributed by atoms with Gasteiger partial charge in [-0.25, -0.2) is 0 Å². The average molecular weight is 733 g/mol. The van der Waals surface area contributed by atoms with E-state index in [9.17, 15) is 24.6 Å². The number of aldehydes is 1. The highest BCUT2D eigenvalue weighted by molar-refractivity contribution is 14.1. The van der Waals surface area contributed by atoms with Gasteiger partial charge in [-0.05, 0) is 64.9 Å². The minimum atomic E-state index is -1.26. The molecule has 2 amide bonds. The van der Waals surface area contributed by atoms with Crippen LogP contribution in [0.2, 0.25) is 10.0 Å². The third-order valence-corrected chi connectivity index (χ3v) is 8.70. The van der Waals surface area contributed by atoms with Crippen LogP contribution in [-0.4, -0.2) is 84.9 Å². The van der Waals surface area contributed by atoms with Crippen LogP contribution in [-0.2, 0) is 20.9 Å². The number of nitrogens with one attached hydrogen (secondary N) is 1. The second-order valence-corrected chi connectivity index (χ2v) is 11.9. The molecule has 1 saturated heterocycles. The first kappa shape index (κ1) is 32.5. The molecule has 3 N–H and O–H groups in total. The molecule has 0 saturated carbocycles. The van der Waals surface area contributed by atoms with E-state index in [2.05, 4.69) is 5.32 Å². The summed E-state index contributed by atoms with van der Waals surface area (Å²) in [6.45, 7) is 0.546. The van der Waals surface area contributed by atoms with Crippen LogP contribution in [0.15, 0.2) is 42.0 Å². The number of amides is 2. The summed E-state index contributed by atoms with van der Waals surface area (Å²) in [5, 5.41) is 24.3. The van der Waals surface area contributed by atoms with E-state index in [1.165, 1.54) is 19.3 Å². The number of methoxy groups -OCH3 is 1. The van der Waals surface area contributed by atoms with E-state index in [1.807, 2.05) is 22.6 Å². The first-order valence-electron chi connectivity index (χ1n) is 13.3. The zero-order valence-electron chi connectivity index (χ0n) is 22.7. The number of halogens is 3. The van der Waals surface area contributed by atoms with Gasteiger partial charge in [0.25, 0.3) is 0 Å². The molecule has 10 nitrogen and oxygen atoms in total. The Bertz CT molecular complexity index is 1350. The van der Waals surface area contributed by atoms with Crippen LogP contribution in [0.3, 0.4) is 0 Å². The second-order valence-electron chi connectivity index (χ2n) is 9.94. The van der Waals surface area contributed by atoms with Gasteiger partial charge in [0.1, 0.15) is 18.5 Å². The van der Waals surface area contributed by atoms with Gasteiger partial charge in [0, 0.05) is 37.3 Å². The van der Waals surface area contributed by atoms with Crippen molar-refractivity contribution in [3.05, 3.63) is 66.7 Å². The van der Waals surface area contributed by atoms with E-state index in [4.69, 9.17) is 37.4 Å². The molecule has 1 aliphatic heterocycles. The summed E-state index contributed by atoms with van der Waals surface area (Å²) in [6.07, 6.45) is 0.404. The number of hydrogen-bond donors (Lipinski definition) is 3. The Balaban J connectivity index is 1.74. The number of benzene rings is 2. The van der Waals surface area contributed by atoms with Gasteiger partial charge in [0.15, 0.2) is 11.5 Å². The molecular weight excluding hydrogens is 702 g/mol. The van der Waals surface area contributed by atoms with Gasteiger partial charge >= 0.3 is 0 Å². The van der Waals surface area contributed by atoms with Crippen LogP contribution >= 0.6 is 45.8 Å². The quantitative estimate of drug-likeness (QED) is 0.237. The minimum Gasteiger partial charge on any atom is -0.493 e. The van der Waals surface area contributed by atoms with Crippen LogP contribution in [0, 0.1) is 9.49 Å². The highest BCUT2D eigenvalue weighted by Crippen LogP contribution is 2.37. The van der Waals surface area contributed by atoms with Crippen molar-refractivity contribution in [2.45, 2.75) is 37.6 Å². The van der Waals surface area contributed by atoms with Gasteiger partial charge in [0.2, 0.25) is 11.8 Å². The minimum absolute atomic E-state index is 0.0250. The molecular formula is C29H31Cl2IN2O8. The molecule has 226 valence electrons. The predicted molar refractivity (Wildman–Crippen MR) is 164 cm³/mol. The topological polar surface area (TPSA) is 135 Å². The maximum Gasteiger partial charge on any atom is 0.247 e. The normalized spacial score (nSPS) is 21.8. The predicted octanol–water partition coefficient (Wildman–Crippen LogP) is 3.40. The van der Waals surface area contributed by atoms with Crippen molar-refractivity contribution in [3.63, 3.8) is 0 Å². The lowest BCUT2D eigenvalue weighted by Crippen LogP contribution is -2.56. The zero-order chi connectivity index (χ0) is 30.4. The number of aliphatic hydroxyl groups excluding tert-OH is 2. The molecule has 0 bridgehead atoms. The molecule has 2 aromatic rings. The van der Waals surface area contributed by atoms with Gasteiger partial charge in [-0.15, -0.1) is 0 Å². The summed E-state index contributed by atoms with van der Waals surface area (Å²) < 4.78 is 17.8. The second kappa shape index (κ2) is 14.8. The molecule has 2 aliphatic rings. The lowest BCUT2D eigenvalue weighted by molar-refractivity contribution is -0.143. The first-order valence-corrected chi connectivity index (χ1v) is 15.1. The Hall–Kier alpha value is -2.42. The Kier molecular flexibility index (Phi) is 11.5. The van der Waals surface area contributed by atoms with Crippen molar-refractivity contribution in [2.24, 2.45) is 5.92 Å². The van der Waals surface area contributed by atoms with Crippen LogP contribution in [0.5, 0.6) is 11.5 Å². The number of aliphatic hydroxyl groups is 2. The molecule has 4 atom stereocenters. The Labute approximate surface area is 267 Å². The summed E-state index contributed by atoms with van der Waals surface area (Å²) >= 11 is 14.4. The fourth-order valence-corrected chi connectivity index (χ4v) is 6.07. The average Bonchev–Trinajstić information content (AvgIpc) is 3.53. The SMILES string of the molecule is COc1cc(C=O)cc(I)c1OC1C=C(C(=O)NCCO)CC(N(Cc2ccc(Cl)c(Cl)c2)C(=O)C2CCOC2)C1O. The first-order chi connectivity index (χ1) is 20.2. The number of hydrogen-bond acceptors (Lipinski definition) is 8. The van der Waals surface area contributed by atoms with E-state index in [0.29, 0.717) is 44.1 Å². The molecule has 42 heavy (non-hydrogen) atoms. The number of rotatable bonds is 11. The Morgan fingerprint density at radius 3 is 2.67 bits per heavy atom. The molecule has 0 radical (unpaired) electrons. The molecule has 1 aliphatic carbocycles. The van der Waals surface area contributed by atoms with Crippen molar-refractivity contribution >= 4 is 63.9 Å². The molecule has 0 spiro atoms. The standard InChI is InChI=1S/C29H31Cl2IN2O8/c1-40-25-10-17(14-36)9-22(32)27(25)42-24-12-19(28(38)33-5-6-35)11-23(26(24)37)34(29(39)18-4-7-41-15-18)13-16-2-3-20(30)21(31)8-16/h2-3,8-10,12,14,18,23-24,26,35,37H,4-7,11,13,15H2,1H3,(H,33,38). The fraction of sp³-hybridized carbons (Fsp3) is 0.414. The lowest BCUT2D eigenvalue weighted by atomic mass is 9.87. The van der Waals surface area contributed by atoms with Gasteiger partial charge in [0.05, 0.1) is 45.9 Å². The number of carbonyl (C=O) groups excluding carboxylic acids is 3. The summed E-state index contributed by atoms with van der Waals surface area (Å²) in [5.41, 5.74) is 1.34. The number of carbonyl (C=O) groups is 3. The van der Waals surface area contributed by atoms with Crippen molar-refractivity contribution in [1.29, 1.82) is 0 Å². The van der Waals surface area contributed by atoms with E-state index in [-0.39, 0.29) is 55.7 Å². The summed E-state index contributed by atoms with van der Waals surface area (Å²) in [7, 11) is 1.43. The van der Waals surface area contributed by atoms with Crippen LogP contribution in [0.4, 0.5) is 0 Å². The molecule has 13 heteroatoms. The maximum absolute atomic E-state index is 13.9. The zero-order valence-corrected chi connectivity index (χ0v) is 26.4. The van der Waals surface area contributed by atoms with Crippen LogP contribution in [0.25, 0.3) is 0 Å². The number of nitrogens with zero attached hydrogens (tertiary/aromatic N) is 1. The molecule has 0 aromatic heterocycles. The summed E-state index contributed by atoms with van der Waals surface area (Å²) in [5.74, 6) is -0.579. The lowest BCUT2D eigenvalue weighted by Gasteiger charge is -2.41. The molecule has 1 fully saturated rings. The highest BCUT2D eigenvalue weighted by atomic mass is 127.